The topological polar surface area (TPSA) is 65.7 Å². The molecule has 1 aliphatic carbocycles. The van der Waals surface area contributed by atoms with E-state index in [-0.39, 0.29) is 18.0 Å². The molecule has 150 valence electrons. The molecule has 0 saturated carbocycles. The van der Waals surface area contributed by atoms with E-state index in [0.717, 1.165) is 47.1 Å². The van der Waals surface area contributed by atoms with Gasteiger partial charge in [-0.25, -0.2) is 4.79 Å². The minimum absolute atomic E-state index is 0.247. The van der Waals surface area contributed by atoms with Crippen molar-refractivity contribution in [2.24, 2.45) is 0 Å². The number of hydrogen-bond donors (Lipinski definition) is 0. The van der Waals surface area contributed by atoms with E-state index < -0.39 is 0 Å². The summed E-state index contributed by atoms with van der Waals surface area (Å²) in [4.78, 5) is 24.3. The fourth-order valence-electron chi connectivity index (χ4n) is 3.87. The first-order chi connectivity index (χ1) is 14.0. The molecule has 1 heterocycles. The molecular weight excluding hydrogens is 368 g/mol. The quantitative estimate of drug-likeness (QED) is 0.264. The number of benzene rings is 2. The zero-order valence-electron chi connectivity index (χ0n) is 16.7. The van der Waals surface area contributed by atoms with E-state index >= 15 is 0 Å². The van der Waals surface area contributed by atoms with E-state index in [1.54, 1.807) is 12.1 Å². The van der Waals surface area contributed by atoms with Crippen LogP contribution in [0.4, 0.5) is 0 Å². The predicted molar refractivity (Wildman–Crippen MR) is 111 cm³/mol. The first-order valence-corrected chi connectivity index (χ1v) is 10.0. The third kappa shape index (κ3) is 4.19. The van der Waals surface area contributed by atoms with Crippen LogP contribution >= 0.6 is 0 Å². The monoisotopic (exact) mass is 392 g/mol. The van der Waals surface area contributed by atoms with Gasteiger partial charge in [0, 0.05) is 23.4 Å². The molecule has 0 saturated heterocycles. The summed E-state index contributed by atoms with van der Waals surface area (Å²) in [6.07, 6.45) is 3.44. The summed E-state index contributed by atoms with van der Waals surface area (Å²) in [5.41, 5.74) is 4.31. The van der Waals surface area contributed by atoms with Crippen LogP contribution in [-0.2, 0) is 17.6 Å². The Balaban J connectivity index is 1.34. The SMILES string of the molecule is Cc1ccc(OCCCC(=O)Oc2ccc3c4c(c(=O)oc3c2)CCC4)c(C)c1. The van der Waals surface area contributed by atoms with Gasteiger partial charge in [-0.15, -0.1) is 0 Å². The van der Waals surface area contributed by atoms with Gasteiger partial charge < -0.3 is 13.9 Å². The second kappa shape index (κ2) is 8.11. The third-order valence-electron chi connectivity index (χ3n) is 5.29. The van der Waals surface area contributed by atoms with E-state index in [0.29, 0.717) is 24.4 Å². The van der Waals surface area contributed by atoms with Crippen LogP contribution in [0.2, 0.25) is 0 Å². The van der Waals surface area contributed by atoms with Crippen LogP contribution in [0.15, 0.2) is 45.6 Å². The molecule has 3 aromatic rings. The van der Waals surface area contributed by atoms with Gasteiger partial charge in [0.2, 0.25) is 0 Å². The van der Waals surface area contributed by atoms with Crippen molar-refractivity contribution in [2.45, 2.75) is 46.0 Å². The number of carbonyl (C=O) groups is 1. The van der Waals surface area contributed by atoms with E-state index in [1.165, 1.54) is 5.56 Å². The molecule has 0 bridgehead atoms. The second-order valence-corrected chi connectivity index (χ2v) is 7.55. The van der Waals surface area contributed by atoms with Crippen molar-refractivity contribution in [3.05, 3.63) is 69.1 Å². The van der Waals surface area contributed by atoms with Crippen molar-refractivity contribution in [3.8, 4) is 11.5 Å². The Morgan fingerprint density at radius 3 is 2.72 bits per heavy atom. The molecule has 0 aliphatic heterocycles. The lowest BCUT2D eigenvalue weighted by Gasteiger charge is -2.10. The summed E-state index contributed by atoms with van der Waals surface area (Å²) in [6, 6.07) is 11.3. The van der Waals surface area contributed by atoms with Gasteiger partial charge in [-0.3, -0.25) is 4.79 Å². The summed E-state index contributed by atoms with van der Waals surface area (Å²) in [6.45, 7) is 4.49. The van der Waals surface area contributed by atoms with Gasteiger partial charge in [-0.2, -0.15) is 0 Å². The maximum atomic E-state index is 12.2. The standard InChI is InChI=1S/C24H24O5/c1-15-8-11-21(16(2)13-15)27-12-4-7-23(25)28-17-9-10-19-18-5-3-6-20(18)24(26)29-22(19)14-17/h8-11,13-14H,3-7,12H2,1-2H3. The van der Waals surface area contributed by atoms with Crippen LogP contribution in [0.25, 0.3) is 11.0 Å². The molecule has 0 amide bonds. The van der Waals surface area contributed by atoms with Gasteiger partial charge in [0.25, 0.3) is 0 Å². The van der Waals surface area contributed by atoms with Crippen LogP contribution < -0.4 is 15.1 Å². The zero-order chi connectivity index (χ0) is 20.4. The number of rotatable bonds is 6. The summed E-state index contributed by atoms with van der Waals surface area (Å²) < 4.78 is 16.6. The van der Waals surface area contributed by atoms with Crippen LogP contribution in [0.3, 0.4) is 0 Å². The van der Waals surface area contributed by atoms with Gasteiger partial charge in [-0.1, -0.05) is 17.7 Å². The minimum atomic E-state index is -0.336. The summed E-state index contributed by atoms with van der Waals surface area (Å²) in [5.74, 6) is 0.886. The van der Waals surface area contributed by atoms with E-state index in [2.05, 4.69) is 6.07 Å². The fourth-order valence-corrected chi connectivity index (χ4v) is 3.87. The molecule has 4 rings (SSSR count). The lowest BCUT2D eigenvalue weighted by Crippen LogP contribution is -2.10. The van der Waals surface area contributed by atoms with Crippen molar-refractivity contribution < 1.29 is 18.7 Å². The molecule has 1 aromatic heterocycles. The van der Waals surface area contributed by atoms with E-state index in [4.69, 9.17) is 13.9 Å². The molecule has 5 nitrogen and oxygen atoms in total. The fraction of sp³-hybridized carbons (Fsp3) is 0.333. The Bertz CT molecular complexity index is 1130. The second-order valence-electron chi connectivity index (χ2n) is 7.55. The van der Waals surface area contributed by atoms with Crippen molar-refractivity contribution >= 4 is 16.9 Å². The molecular formula is C24H24O5. The lowest BCUT2D eigenvalue weighted by molar-refractivity contribution is -0.134. The van der Waals surface area contributed by atoms with Gasteiger partial charge in [-0.05, 0) is 68.9 Å². The first-order valence-electron chi connectivity index (χ1n) is 10.0. The Labute approximate surface area is 169 Å². The first kappa shape index (κ1) is 19.2. The molecule has 5 heteroatoms. The van der Waals surface area contributed by atoms with Gasteiger partial charge in [0.05, 0.1) is 6.61 Å². The maximum absolute atomic E-state index is 12.2. The van der Waals surface area contributed by atoms with Crippen molar-refractivity contribution in [1.29, 1.82) is 0 Å². The molecule has 0 spiro atoms. The Morgan fingerprint density at radius 2 is 1.90 bits per heavy atom. The molecule has 0 radical (unpaired) electrons. The van der Waals surface area contributed by atoms with Gasteiger partial charge in [0.15, 0.2) is 0 Å². The van der Waals surface area contributed by atoms with Crippen LogP contribution in [0, 0.1) is 13.8 Å². The Morgan fingerprint density at radius 1 is 1.07 bits per heavy atom. The maximum Gasteiger partial charge on any atom is 0.339 e. The summed E-state index contributed by atoms with van der Waals surface area (Å²) in [7, 11) is 0. The Hall–Kier alpha value is -3.08. The summed E-state index contributed by atoms with van der Waals surface area (Å²) >= 11 is 0. The minimum Gasteiger partial charge on any atom is -0.493 e. The number of fused-ring (bicyclic) bond motifs is 3. The molecule has 0 N–H and O–H groups in total. The number of esters is 1. The zero-order valence-corrected chi connectivity index (χ0v) is 16.7. The predicted octanol–water partition coefficient (Wildman–Crippen LogP) is 4.66. The van der Waals surface area contributed by atoms with Gasteiger partial charge in [0.1, 0.15) is 17.1 Å². The average molecular weight is 392 g/mol. The highest BCUT2D eigenvalue weighted by Gasteiger charge is 2.20. The number of ether oxygens (including phenoxy) is 2. The Kier molecular flexibility index (Phi) is 5.38. The lowest BCUT2D eigenvalue weighted by atomic mass is 10.1. The van der Waals surface area contributed by atoms with Crippen molar-refractivity contribution in [1.82, 2.24) is 0 Å². The van der Waals surface area contributed by atoms with Crippen LogP contribution in [0.1, 0.15) is 41.5 Å². The highest BCUT2D eigenvalue weighted by Crippen LogP contribution is 2.29. The molecule has 29 heavy (non-hydrogen) atoms. The molecule has 2 aromatic carbocycles. The number of aryl methyl sites for hydroxylation is 3. The average Bonchev–Trinajstić information content (AvgIpc) is 3.17. The van der Waals surface area contributed by atoms with E-state index in [1.807, 2.05) is 32.0 Å². The molecule has 0 atom stereocenters. The highest BCUT2D eigenvalue weighted by molar-refractivity contribution is 5.84. The van der Waals surface area contributed by atoms with E-state index in [9.17, 15) is 9.59 Å². The van der Waals surface area contributed by atoms with Crippen molar-refractivity contribution in [2.75, 3.05) is 6.61 Å². The van der Waals surface area contributed by atoms with Crippen LogP contribution in [-0.4, -0.2) is 12.6 Å². The van der Waals surface area contributed by atoms with Gasteiger partial charge >= 0.3 is 11.6 Å². The highest BCUT2D eigenvalue weighted by atomic mass is 16.5. The van der Waals surface area contributed by atoms with Crippen LogP contribution in [0.5, 0.6) is 11.5 Å². The summed E-state index contributed by atoms with van der Waals surface area (Å²) in [5, 5.41) is 0.929. The van der Waals surface area contributed by atoms with Crippen molar-refractivity contribution in [3.63, 3.8) is 0 Å². The largest absolute Gasteiger partial charge is 0.493 e. The number of carbonyl (C=O) groups excluding carboxylic acids is 1. The molecule has 0 fully saturated rings. The normalized spacial score (nSPS) is 12.8. The third-order valence-corrected chi connectivity index (χ3v) is 5.29. The smallest absolute Gasteiger partial charge is 0.339 e. The molecule has 0 unspecified atom stereocenters. The number of hydrogen-bond acceptors (Lipinski definition) is 5. The molecule has 1 aliphatic rings.